The second-order valence-corrected chi connectivity index (χ2v) is 4.94. The number of alkyl halides is 3. The highest BCUT2D eigenvalue weighted by molar-refractivity contribution is 5.76. The first-order chi connectivity index (χ1) is 9.38. The average Bonchev–Trinajstić information content (AvgIpc) is 2.36. The van der Waals surface area contributed by atoms with Gasteiger partial charge >= 0.3 is 12.1 Å². The number of nitrogens with zero attached hydrogens (tertiary/aromatic N) is 1. The molecule has 0 amide bonds. The Kier molecular flexibility index (Phi) is 4.32. The van der Waals surface area contributed by atoms with Gasteiger partial charge < -0.3 is 5.11 Å². The summed E-state index contributed by atoms with van der Waals surface area (Å²) in [6, 6.07) is 6.38. The fourth-order valence-corrected chi connectivity index (χ4v) is 2.63. The van der Waals surface area contributed by atoms with Gasteiger partial charge in [0, 0.05) is 13.0 Å². The Labute approximate surface area is 115 Å². The number of benzene rings is 1. The molecule has 2 rings (SSSR count). The van der Waals surface area contributed by atoms with Crippen LogP contribution in [0.5, 0.6) is 0 Å². The number of hydrogen-bond donors (Lipinski definition) is 1. The second kappa shape index (κ2) is 5.83. The van der Waals surface area contributed by atoms with E-state index in [9.17, 15) is 23.1 Å². The summed E-state index contributed by atoms with van der Waals surface area (Å²) in [6.07, 6.45) is -4.47. The topological polar surface area (TPSA) is 40.5 Å². The molecule has 1 heterocycles. The molecule has 0 radical (unpaired) electrons. The lowest BCUT2D eigenvalue weighted by atomic mass is 9.92. The number of carboxylic acid groups (broad SMARTS) is 1. The zero-order chi connectivity index (χ0) is 14.8. The van der Waals surface area contributed by atoms with E-state index < -0.39 is 24.6 Å². The third-order valence-electron chi connectivity index (χ3n) is 3.52. The maximum Gasteiger partial charge on any atom is 0.389 e. The maximum atomic E-state index is 12.2. The fourth-order valence-electron chi connectivity index (χ4n) is 2.63. The molecule has 0 saturated carbocycles. The highest BCUT2D eigenvalue weighted by Gasteiger charge is 2.33. The van der Waals surface area contributed by atoms with Gasteiger partial charge in [0.05, 0.1) is 0 Å². The summed E-state index contributed by atoms with van der Waals surface area (Å²) in [4.78, 5) is 13.0. The molecule has 1 aromatic carbocycles. The van der Waals surface area contributed by atoms with E-state index in [1.54, 1.807) is 17.0 Å². The summed E-state index contributed by atoms with van der Waals surface area (Å²) in [7, 11) is 0. The molecule has 1 aliphatic rings. The number of fused-ring (bicyclic) bond motifs is 1. The Morgan fingerprint density at radius 3 is 2.70 bits per heavy atom. The van der Waals surface area contributed by atoms with Gasteiger partial charge in [-0.05, 0) is 30.5 Å². The molecule has 20 heavy (non-hydrogen) atoms. The van der Waals surface area contributed by atoms with Gasteiger partial charge in [-0.2, -0.15) is 13.2 Å². The first-order valence-corrected chi connectivity index (χ1v) is 6.50. The molecule has 0 aromatic heterocycles. The van der Waals surface area contributed by atoms with Gasteiger partial charge in [-0.1, -0.05) is 24.3 Å². The Bertz CT molecular complexity index is 488. The first kappa shape index (κ1) is 14.8. The van der Waals surface area contributed by atoms with E-state index >= 15 is 0 Å². The minimum Gasteiger partial charge on any atom is -0.480 e. The smallest absolute Gasteiger partial charge is 0.389 e. The molecule has 0 fully saturated rings. The number of carbonyl (C=O) groups is 1. The van der Waals surface area contributed by atoms with Crippen LogP contribution in [-0.4, -0.2) is 35.2 Å². The largest absolute Gasteiger partial charge is 0.480 e. The number of carboxylic acids is 1. The van der Waals surface area contributed by atoms with Crippen molar-refractivity contribution < 1.29 is 23.1 Å². The van der Waals surface area contributed by atoms with E-state index in [0.29, 0.717) is 18.5 Å². The van der Waals surface area contributed by atoms with Crippen LogP contribution in [-0.2, 0) is 11.2 Å². The molecule has 0 aliphatic carbocycles. The minimum atomic E-state index is -4.19. The number of hydrogen-bond acceptors (Lipinski definition) is 2. The van der Waals surface area contributed by atoms with Crippen LogP contribution in [0.1, 0.15) is 30.0 Å². The first-order valence-electron chi connectivity index (χ1n) is 6.50. The maximum absolute atomic E-state index is 12.2. The van der Waals surface area contributed by atoms with Crippen molar-refractivity contribution in [1.29, 1.82) is 0 Å². The molecule has 110 valence electrons. The lowest BCUT2D eigenvalue weighted by molar-refractivity contribution is -0.145. The highest BCUT2D eigenvalue weighted by Crippen LogP contribution is 2.31. The van der Waals surface area contributed by atoms with Gasteiger partial charge in [-0.25, -0.2) is 0 Å². The van der Waals surface area contributed by atoms with E-state index in [0.717, 1.165) is 5.56 Å². The molecular formula is C14H16F3NO2. The van der Waals surface area contributed by atoms with Crippen LogP contribution in [0.3, 0.4) is 0 Å². The van der Waals surface area contributed by atoms with Crippen LogP contribution >= 0.6 is 0 Å². The van der Waals surface area contributed by atoms with Crippen molar-refractivity contribution in [3.63, 3.8) is 0 Å². The second-order valence-electron chi connectivity index (χ2n) is 4.94. The number of halogens is 3. The summed E-state index contributed by atoms with van der Waals surface area (Å²) in [5.41, 5.74) is 1.66. The molecule has 6 heteroatoms. The monoisotopic (exact) mass is 287 g/mol. The van der Waals surface area contributed by atoms with Crippen molar-refractivity contribution in [3.8, 4) is 0 Å². The molecule has 1 N–H and O–H groups in total. The molecule has 3 nitrogen and oxygen atoms in total. The predicted octanol–water partition coefficient (Wildman–Crippen LogP) is 3.01. The molecule has 1 aromatic rings. The van der Waals surface area contributed by atoms with Crippen LogP contribution in [0.4, 0.5) is 13.2 Å². The van der Waals surface area contributed by atoms with Gasteiger partial charge in [-0.15, -0.1) is 0 Å². The third-order valence-corrected chi connectivity index (χ3v) is 3.52. The summed E-state index contributed by atoms with van der Waals surface area (Å²) in [5, 5.41) is 9.35. The van der Waals surface area contributed by atoms with Crippen molar-refractivity contribution in [2.24, 2.45) is 0 Å². The standard InChI is InChI=1S/C14H16F3NO2/c15-14(16,17)7-3-8-18-9-6-10-4-1-2-5-11(10)12(18)13(19)20/h1-2,4-5,12H,3,6-9H2,(H,19,20). The van der Waals surface area contributed by atoms with Crippen molar-refractivity contribution in [2.45, 2.75) is 31.5 Å². The molecule has 0 saturated heterocycles. The lowest BCUT2D eigenvalue weighted by Crippen LogP contribution is -2.40. The summed E-state index contributed by atoms with van der Waals surface area (Å²) in [6.45, 7) is 0.622. The predicted molar refractivity (Wildman–Crippen MR) is 67.4 cm³/mol. The normalized spacial score (nSPS) is 19.6. The fraction of sp³-hybridized carbons (Fsp3) is 0.500. The summed E-state index contributed by atoms with van der Waals surface area (Å²) >= 11 is 0. The third kappa shape index (κ3) is 3.50. The molecule has 0 spiro atoms. The van der Waals surface area contributed by atoms with E-state index in [1.807, 2.05) is 12.1 Å². The number of rotatable bonds is 4. The Morgan fingerprint density at radius 1 is 1.35 bits per heavy atom. The Balaban J connectivity index is 2.09. The Morgan fingerprint density at radius 2 is 2.05 bits per heavy atom. The molecular weight excluding hydrogens is 271 g/mol. The van der Waals surface area contributed by atoms with Gasteiger partial charge in [0.2, 0.25) is 0 Å². The van der Waals surface area contributed by atoms with Crippen LogP contribution < -0.4 is 0 Å². The van der Waals surface area contributed by atoms with Crippen LogP contribution in [0.25, 0.3) is 0 Å². The van der Waals surface area contributed by atoms with Crippen molar-refractivity contribution in [2.75, 3.05) is 13.1 Å². The average molecular weight is 287 g/mol. The molecule has 1 aliphatic heterocycles. The van der Waals surface area contributed by atoms with Gasteiger partial charge in [0.25, 0.3) is 0 Å². The van der Waals surface area contributed by atoms with E-state index in [2.05, 4.69) is 0 Å². The van der Waals surface area contributed by atoms with Crippen molar-refractivity contribution in [3.05, 3.63) is 35.4 Å². The lowest BCUT2D eigenvalue weighted by Gasteiger charge is -2.34. The SMILES string of the molecule is O=C(O)C1c2ccccc2CCN1CCCC(F)(F)F. The van der Waals surface area contributed by atoms with Gasteiger partial charge in [0.1, 0.15) is 6.04 Å². The molecule has 1 atom stereocenters. The van der Waals surface area contributed by atoms with Gasteiger partial charge in [0.15, 0.2) is 0 Å². The quantitative estimate of drug-likeness (QED) is 0.925. The van der Waals surface area contributed by atoms with E-state index in [-0.39, 0.29) is 13.0 Å². The summed E-state index contributed by atoms with van der Waals surface area (Å²) < 4.78 is 36.5. The minimum absolute atomic E-state index is 0.0740. The van der Waals surface area contributed by atoms with Crippen LogP contribution in [0.15, 0.2) is 24.3 Å². The molecule has 1 unspecified atom stereocenters. The van der Waals surface area contributed by atoms with E-state index in [1.165, 1.54) is 0 Å². The van der Waals surface area contributed by atoms with Gasteiger partial charge in [-0.3, -0.25) is 9.69 Å². The Hall–Kier alpha value is -1.56. The number of aliphatic carboxylic acids is 1. The van der Waals surface area contributed by atoms with E-state index in [4.69, 9.17) is 0 Å². The highest BCUT2D eigenvalue weighted by atomic mass is 19.4. The summed E-state index contributed by atoms with van der Waals surface area (Å²) in [5.74, 6) is -1.01. The zero-order valence-corrected chi connectivity index (χ0v) is 10.9. The van der Waals surface area contributed by atoms with Crippen molar-refractivity contribution >= 4 is 5.97 Å². The van der Waals surface area contributed by atoms with Crippen molar-refractivity contribution in [1.82, 2.24) is 4.90 Å². The van der Waals surface area contributed by atoms with Crippen LogP contribution in [0.2, 0.25) is 0 Å². The zero-order valence-electron chi connectivity index (χ0n) is 10.9. The van der Waals surface area contributed by atoms with Crippen LogP contribution in [0, 0.1) is 0 Å². The molecule has 0 bridgehead atoms.